The van der Waals surface area contributed by atoms with Crippen molar-refractivity contribution in [1.29, 1.82) is 0 Å². The highest BCUT2D eigenvalue weighted by Gasteiger charge is 2.32. The number of nitrogens with two attached hydrogens (primary N) is 3. The molecule has 1 rings (SSSR count). The van der Waals surface area contributed by atoms with Crippen LogP contribution in [0.15, 0.2) is 17.5 Å². The third-order valence-corrected chi connectivity index (χ3v) is 5.25. The largest absolute Gasteiger partial charge is 0.481 e. The number of hydrogen-bond acceptors (Lipinski definition) is 8. The number of H-pyrrole nitrogens is 1. The summed E-state index contributed by atoms with van der Waals surface area (Å²) in [6.45, 7) is 3.79. The summed E-state index contributed by atoms with van der Waals surface area (Å²) in [7, 11) is 0. The van der Waals surface area contributed by atoms with E-state index in [0.717, 1.165) is 0 Å². The smallest absolute Gasteiger partial charge is 0.326 e. The Morgan fingerprint density at radius 1 is 1.00 bits per heavy atom. The van der Waals surface area contributed by atoms with Crippen LogP contribution in [0.1, 0.15) is 45.2 Å². The molecule has 4 atom stereocenters. The first-order valence-electron chi connectivity index (χ1n) is 11.9. The topological polar surface area (TPSA) is 281 Å². The highest BCUT2D eigenvalue weighted by molar-refractivity contribution is 5.95. The molecule has 12 N–H and O–H groups in total. The Hall–Kier alpha value is -4.21. The van der Waals surface area contributed by atoms with Crippen LogP contribution in [0.3, 0.4) is 0 Å². The van der Waals surface area contributed by atoms with Crippen molar-refractivity contribution in [2.75, 3.05) is 6.54 Å². The zero-order chi connectivity index (χ0) is 28.8. The van der Waals surface area contributed by atoms with Crippen molar-refractivity contribution in [3.63, 3.8) is 0 Å². The van der Waals surface area contributed by atoms with E-state index in [2.05, 4.69) is 30.9 Å². The minimum absolute atomic E-state index is 0.0812. The first-order chi connectivity index (χ1) is 17.8. The molecule has 38 heavy (non-hydrogen) atoms. The van der Waals surface area contributed by atoms with Crippen LogP contribution in [-0.4, -0.2) is 86.5 Å². The van der Waals surface area contributed by atoms with E-state index in [0.29, 0.717) is 12.1 Å². The molecule has 0 bridgehead atoms. The predicted molar refractivity (Wildman–Crippen MR) is 135 cm³/mol. The number of carbonyl (C=O) groups excluding carboxylic acids is 3. The van der Waals surface area contributed by atoms with Crippen LogP contribution < -0.4 is 33.2 Å². The molecule has 0 aliphatic rings. The van der Waals surface area contributed by atoms with Gasteiger partial charge in [-0.25, -0.2) is 9.78 Å². The fourth-order valence-electron chi connectivity index (χ4n) is 3.38. The van der Waals surface area contributed by atoms with Crippen molar-refractivity contribution in [2.45, 2.75) is 70.1 Å². The van der Waals surface area contributed by atoms with Crippen LogP contribution in [0.25, 0.3) is 0 Å². The summed E-state index contributed by atoms with van der Waals surface area (Å²) in [6, 6.07) is -5.12. The van der Waals surface area contributed by atoms with Crippen molar-refractivity contribution >= 4 is 35.6 Å². The van der Waals surface area contributed by atoms with Crippen molar-refractivity contribution in [2.24, 2.45) is 28.1 Å². The lowest BCUT2D eigenvalue weighted by Crippen LogP contribution is -2.57. The molecule has 0 aromatic carbocycles. The number of hydrogen-bond donors (Lipinski definition) is 9. The lowest BCUT2D eigenvalue weighted by atomic mass is 10.0. The van der Waals surface area contributed by atoms with Crippen molar-refractivity contribution in [1.82, 2.24) is 25.9 Å². The van der Waals surface area contributed by atoms with E-state index in [1.54, 1.807) is 13.8 Å². The summed E-state index contributed by atoms with van der Waals surface area (Å²) < 4.78 is 0. The molecule has 0 saturated carbocycles. The molecule has 16 heteroatoms. The van der Waals surface area contributed by atoms with E-state index >= 15 is 0 Å². The fourth-order valence-corrected chi connectivity index (χ4v) is 3.38. The number of carboxylic acid groups (broad SMARTS) is 2. The van der Waals surface area contributed by atoms with Gasteiger partial charge in [0.1, 0.15) is 18.1 Å². The molecule has 1 heterocycles. The van der Waals surface area contributed by atoms with E-state index in [-0.39, 0.29) is 37.7 Å². The Labute approximate surface area is 219 Å². The van der Waals surface area contributed by atoms with Gasteiger partial charge in [0.15, 0.2) is 5.96 Å². The number of carboxylic acids is 2. The van der Waals surface area contributed by atoms with Gasteiger partial charge in [-0.05, 0) is 25.2 Å². The molecule has 212 valence electrons. The summed E-state index contributed by atoms with van der Waals surface area (Å²) in [5, 5.41) is 25.9. The van der Waals surface area contributed by atoms with E-state index in [1.165, 1.54) is 12.5 Å². The molecule has 0 aliphatic heterocycles. The molecule has 0 saturated heterocycles. The summed E-state index contributed by atoms with van der Waals surface area (Å²) in [6.07, 6.45) is 2.57. The number of aromatic amines is 1. The van der Waals surface area contributed by atoms with Crippen LogP contribution in [-0.2, 0) is 30.4 Å². The number of imidazole rings is 1. The monoisotopic (exact) mass is 539 g/mol. The molecule has 0 fully saturated rings. The van der Waals surface area contributed by atoms with E-state index in [4.69, 9.17) is 17.2 Å². The molecule has 16 nitrogen and oxygen atoms in total. The maximum Gasteiger partial charge on any atom is 0.326 e. The van der Waals surface area contributed by atoms with Gasteiger partial charge in [-0.1, -0.05) is 13.8 Å². The number of guanidine groups is 1. The molecule has 3 amide bonds. The summed E-state index contributed by atoms with van der Waals surface area (Å²) in [5.74, 6) is -5.38. The van der Waals surface area contributed by atoms with Gasteiger partial charge < -0.3 is 48.3 Å². The highest BCUT2D eigenvalue weighted by atomic mass is 16.4. The second-order valence-corrected chi connectivity index (χ2v) is 9.09. The molecule has 1 aromatic heterocycles. The van der Waals surface area contributed by atoms with Gasteiger partial charge in [-0.2, -0.15) is 0 Å². The average Bonchev–Trinajstić information content (AvgIpc) is 3.32. The van der Waals surface area contributed by atoms with Crippen molar-refractivity contribution in [3.05, 3.63) is 18.2 Å². The maximum atomic E-state index is 13.0. The number of aromatic nitrogens is 2. The predicted octanol–water partition coefficient (Wildman–Crippen LogP) is -2.61. The summed E-state index contributed by atoms with van der Waals surface area (Å²) in [4.78, 5) is 71.8. The van der Waals surface area contributed by atoms with Gasteiger partial charge >= 0.3 is 11.9 Å². The minimum Gasteiger partial charge on any atom is -0.481 e. The molecule has 0 aliphatic carbocycles. The normalized spacial score (nSPS) is 14.0. The number of nitrogens with one attached hydrogen (secondary N) is 4. The molecule has 1 aromatic rings. The standard InChI is InChI=1S/C22H37N9O7/c1-11(2)6-14(19(35)31-16(21(37)38)7-12-9-26-10-28-12)30-20(36)15(8-17(32)33)29-18(34)13(23)4-3-5-27-22(24)25/h9-11,13-16H,3-8,23H2,1-2H3,(H,26,28)(H,29,34)(H,30,36)(H,31,35)(H,32,33)(H,37,38)(H4,24,25,27). The Morgan fingerprint density at radius 2 is 1.61 bits per heavy atom. The van der Waals surface area contributed by atoms with Crippen LogP contribution in [0.5, 0.6) is 0 Å². The Balaban J connectivity index is 2.92. The summed E-state index contributed by atoms with van der Waals surface area (Å²) in [5.41, 5.74) is 16.8. The molecule has 4 unspecified atom stereocenters. The van der Waals surface area contributed by atoms with Crippen LogP contribution >= 0.6 is 0 Å². The lowest BCUT2D eigenvalue weighted by Gasteiger charge is -2.25. The first-order valence-corrected chi connectivity index (χ1v) is 11.9. The zero-order valence-corrected chi connectivity index (χ0v) is 21.3. The van der Waals surface area contributed by atoms with E-state index in [9.17, 15) is 34.2 Å². The van der Waals surface area contributed by atoms with Gasteiger partial charge in [-0.15, -0.1) is 0 Å². The van der Waals surface area contributed by atoms with Crippen LogP contribution in [0, 0.1) is 5.92 Å². The first kappa shape index (κ1) is 31.8. The Bertz CT molecular complexity index is 978. The number of rotatable bonds is 17. The number of aliphatic carboxylic acids is 2. The minimum atomic E-state index is -1.54. The van der Waals surface area contributed by atoms with Crippen LogP contribution in [0.4, 0.5) is 0 Å². The lowest BCUT2D eigenvalue weighted by molar-refractivity contribution is -0.143. The van der Waals surface area contributed by atoms with Gasteiger partial charge in [0.05, 0.1) is 18.8 Å². The van der Waals surface area contributed by atoms with E-state index in [1.807, 2.05) is 0 Å². The number of amides is 3. The maximum absolute atomic E-state index is 13.0. The number of nitrogens with zero attached hydrogens (tertiary/aromatic N) is 2. The van der Waals surface area contributed by atoms with Gasteiger partial charge in [-0.3, -0.25) is 24.2 Å². The zero-order valence-electron chi connectivity index (χ0n) is 21.3. The Morgan fingerprint density at radius 3 is 2.13 bits per heavy atom. The van der Waals surface area contributed by atoms with Gasteiger partial charge in [0.25, 0.3) is 0 Å². The van der Waals surface area contributed by atoms with Crippen molar-refractivity contribution < 1.29 is 34.2 Å². The molecule has 0 spiro atoms. The van der Waals surface area contributed by atoms with Crippen molar-refractivity contribution in [3.8, 4) is 0 Å². The van der Waals surface area contributed by atoms with Crippen LogP contribution in [0.2, 0.25) is 0 Å². The number of carbonyl (C=O) groups is 5. The Kier molecular flexibility index (Phi) is 13.2. The average molecular weight is 540 g/mol. The SMILES string of the molecule is CC(C)CC(NC(=O)C(CC(=O)O)NC(=O)C(N)CCCN=C(N)N)C(=O)NC(Cc1cnc[nH]1)C(=O)O. The third kappa shape index (κ3) is 12.2. The van der Waals surface area contributed by atoms with Gasteiger partial charge in [0.2, 0.25) is 17.7 Å². The summed E-state index contributed by atoms with van der Waals surface area (Å²) >= 11 is 0. The molecule has 0 radical (unpaired) electrons. The molecular weight excluding hydrogens is 502 g/mol. The second kappa shape index (κ2) is 15.8. The highest BCUT2D eigenvalue weighted by Crippen LogP contribution is 2.08. The van der Waals surface area contributed by atoms with E-state index < -0.39 is 60.2 Å². The quantitative estimate of drug-likeness (QED) is 0.0561. The number of aliphatic imine (C=N–C) groups is 1. The third-order valence-electron chi connectivity index (χ3n) is 5.25. The fraction of sp³-hybridized carbons (Fsp3) is 0.591. The molecular formula is C22H37N9O7. The second-order valence-electron chi connectivity index (χ2n) is 9.09. The van der Waals surface area contributed by atoms with Gasteiger partial charge in [0, 0.05) is 24.9 Å².